The number of nitrogens with one attached hydrogen (secondary N) is 1. The van der Waals surface area contributed by atoms with Crippen LogP contribution in [0.4, 0.5) is 4.79 Å². The van der Waals surface area contributed by atoms with Gasteiger partial charge in [-0.25, -0.2) is 9.78 Å². The first-order valence-electron chi connectivity index (χ1n) is 10.0. The number of benzene rings is 1. The van der Waals surface area contributed by atoms with Crippen LogP contribution in [0.1, 0.15) is 40.0 Å². The van der Waals surface area contributed by atoms with E-state index >= 15 is 0 Å². The van der Waals surface area contributed by atoms with Crippen LogP contribution in [0, 0.1) is 0 Å². The van der Waals surface area contributed by atoms with Gasteiger partial charge in [-0.15, -0.1) is 0 Å². The number of nitrogens with zero attached hydrogens (tertiary/aromatic N) is 3. The zero-order valence-electron chi connectivity index (χ0n) is 17.5. The second-order valence-corrected chi connectivity index (χ2v) is 9.37. The van der Waals surface area contributed by atoms with Crippen molar-refractivity contribution in [2.45, 2.75) is 58.2 Å². The molecule has 1 atom stereocenters. The molecular weight excluding hydrogens is 452 g/mol. The molecule has 1 N–H and O–H groups in total. The topological polar surface area (TPSA) is 93.5 Å². The molecule has 9 heteroatoms. The monoisotopic (exact) mass is 478 g/mol. The maximum absolute atomic E-state index is 13.0. The maximum atomic E-state index is 13.0. The van der Waals surface area contributed by atoms with Crippen molar-refractivity contribution in [2.75, 3.05) is 13.1 Å². The number of piperidine rings is 1. The Morgan fingerprint density at radius 3 is 2.80 bits per heavy atom. The van der Waals surface area contributed by atoms with Gasteiger partial charge in [0.1, 0.15) is 12.1 Å². The summed E-state index contributed by atoms with van der Waals surface area (Å²) in [6, 6.07) is 5.16. The summed E-state index contributed by atoms with van der Waals surface area (Å²) in [5, 5.41) is 3.22. The van der Waals surface area contributed by atoms with E-state index in [1.165, 1.54) is 10.9 Å². The molecule has 1 saturated heterocycles. The Kier molecular flexibility index (Phi) is 6.80. The van der Waals surface area contributed by atoms with E-state index in [1.807, 2.05) is 6.07 Å². The lowest BCUT2D eigenvalue weighted by Gasteiger charge is -2.36. The molecule has 30 heavy (non-hydrogen) atoms. The predicted molar refractivity (Wildman–Crippen MR) is 117 cm³/mol. The van der Waals surface area contributed by atoms with Crippen LogP contribution in [-0.2, 0) is 16.1 Å². The molecule has 1 aromatic heterocycles. The van der Waals surface area contributed by atoms with Crippen LogP contribution in [0.15, 0.2) is 33.8 Å². The van der Waals surface area contributed by atoms with Crippen molar-refractivity contribution in [1.29, 1.82) is 0 Å². The molecule has 1 unspecified atom stereocenters. The van der Waals surface area contributed by atoms with Gasteiger partial charge in [-0.1, -0.05) is 15.9 Å². The van der Waals surface area contributed by atoms with Gasteiger partial charge in [0.15, 0.2) is 0 Å². The van der Waals surface area contributed by atoms with Crippen molar-refractivity contribution in [3.63, 3.8) is 0 Å². The predicted octanol–water partition coefficient (Wildman–Crippen LogP) is 3.06. The van der Waals surface area contributed by atoms with Crippen molar-refractivity contribution in [3.05, 3.63) is 39.4 Å². The Bertz CT molecular complexity index is 999. The normalized spacial score (nSPS) is 17.1. The minimum Gasteiger partial charge on any atom is -0.444 e. The Balaban J connectivity index is 1.70. The summed E-state index contributed by atoms with van der Waals surface area (Å²) in [4.78, 5) is 43.8. The van der Waals surface area contributed by atoms with E-state index in [1.54, 1.807) is 37.8 Å². The summed E-state index contributed by atoms with van der Waals surface area (Å²) in [6.07, 6.45) is 3.58. The van der Waals surface area contributed by atoms with Gasteiger partial charge in [-0.3, -0.25) is 14.2 Å². The molecule has 0 spiro atoms. The third kappa shape index (κ3) is 5.59. The third-order valence-electron chi connectivity index (χ3n) is 4.92. The van der Waals surface area contributed by atoms with E-state index in [-0.39, 0.29) is 24.1 Å². The highest BCUT2D eigenvalue weighted by molar-refractivity contribution is 9.10. The van der Waals surface area contributed by atoms with E-state index in [9.17, 15) is 14.4 Å². The lowest BCUT2D eigenvalue weighted by Crippen LogP contribution is -2.51. The van der Waals surface area contributed by atoms with Gasteiger partial charge >= 0.3 is 6.09 Å². The second kappa shape index (κ2) is 9.16. The molecule has 2 heterocycles. The molecule has 162 valence electrons. The van der Waals surface area contributed by atoms with E-state index < -0.39 is 11.7 Å². The van der Waals surface area contributed by atoms with Crippen LogP contribution in [0.2, 0.25) is 0 Å². The number of carbonyl (C=O) groups excluding carboxylic acids is 2. The number of halogens is 1. The second-order valence-electron chi connectivity index (χ2n) is 8.46. The highest BCUT2D eigenvalue weighted by Crippen LogP contribution is 2.18. The Hall–Kier alpha value is -2.42. The standard InChI is InChI=1S/C21H27BrN4O4/c1-21(2,3)30-20(29)23-11-15-6-4-5-9-26(15)18(27)12-25-13-24-17-8-7-14(22)10-16(17)19(25)28/h7-8,10,13,15H,4-6,9,11-12H2,1-3H3,(H,23,29). The summed E-state index contributed by atoms with van der Waals surface area (Å²) in [7, 11) is 0. The van der Waals surface area contributed by atoms with Gasteiger partial charge in [-0.2, -0.15) is 0 Å². The Labute approximate surface area is 183 Å². The number of fused-ring (bicyclic) bond motifs is 1. The molecule has 0 saturated carbocycles. The van der Waals surface area contributed by atoms with Gasteiger partial charge in [0.05, 0.1) is 17.2 Å². The van der Waals surface area contributed by atoms with Gasteiger partial charge in [0.25, 0.3) is 5.56 Å². The third-order valence-corrected chi connectivity index (χ3v) is 5.41. The van der Waals surface area contributed by atoms with Gasteiger partial charge < -0.3 is 15.0 Å². The molecule has 8 nitrogen and oxygen atoms in total. The number of likely N-dealkylation sites (tertiary alicyclic amines) is 1. The SMILES string of the molecule is CC(C)(C)OC(=O)NCC1CCCCN1C(=O)Cn1cnc2ccc(Br)cc2c1=O. The van der Waals surface area contributed by atoms with E-state index in [0.29, 0.717) is 24.0 Å². The zero-order valence-corrected chi connectivity index (χ0v) is 19.1. The minimum atomic E-state index is -0.578. The highest BCUT2D eigenvalue weighted by atomic mass is 79.9. The van der Waals surface area contributed by atoms with Crippen LogP contribution in [0.5, 0.6) is 0 Å². The molecule has 2 amide bonds. The first-order chi connectivity index (χ1) is 14.1. The fourth-order valence-corrected chi connectivity index (χ4v) is 3.90. The summed E-state index contributed by atoms with van der Waals surface area (Å²) in [6.45, 7) is 6.24. The largest absolute Gasteiger partial charge is 0.444 e. The van der Waals surface area contributed by atoms with Crippen LogP contribution in [0.25, 0.3) is 10.9 Å². The Morgan fingerprint density at radius 2 is 2.07 bits per heavy atom. The number of amides is 2. The zero-order chi connectivity index (χ0) is 21.9. The number of alkyl carbamates (subject to hydrolysis) is 1. The van der Waals surface area contributed by atoms with Gasteiger partial charge in [0.2, 0.25) is 5.91 Å². The molecule has 0 aliphatic carbocycles. The lowest BCUT2D eigenvalue weighted by molar-refractivity contribution is -0.135. The average molecular weight is 479 g/mol. The Morgan fingerprint density at radius 1 is 1.30 bits per heavy atom. The number of hydrogen-bond donors (Lipinski definition) is 1. The van der Waals surface area contributed by atoms with Crippen molar-refractivity contribution in [3.8, 4) is 0 Å². The number of aromatic nitrogens is 2. The quantitative estimate of drug-likeness (QED) is 0.728. The van der Waals surface area contributed by atoms with Gasteiger partial charge in [-0.05, 0) is 58.2 Å². The molecule has 1 fully saturated rings. The number of carbonyl (C=O) groups is 2. The average Bonchev–Trinajstić information content (AvgIpc) is 2.68. The molecule has 0 radical (unpaired) electrons. The molecule has 0 bridgehead atoms. The van der Waals surface area contributed by atoms with Crippen LogP contribution >= 0.6 is 15.9 Å². The summed E-state index contributed by atoms with van der Waals surface area (Å²) >= 11 is 3.36. The lowest BCUT2D eigenvalue weighted by atomic mass is 10.0. The first-order valence-corrected chi connectivity index (χ1v) is 10.8. The molecule has 1 aliphatic rings. The molecule has 2 aromatic rings. The fraction of sp³-hybridized carbons (Fsp3) is 0.524. The minimum absolute atomic E-state index is 0.0861. The van der Waals surface area contributed by atoms with E-state index in [0.717, 1.165) is 23.7 Å². The molecule has 1 aliphatic heterocycles. The van der Waals surface area contributed by atoms with Crippen LogP contribution in [-0.4, -0.2) is 51.2 Å². The molecule has 1 aromatic carbocycles. The van der Waals surface area contributed by atoms with Crippen molar-refractivity contribution in [1.82, 2.24) is 19.8 Å². The van der Waals surface area contributed by atoms with Crippen molar-refractivity contribution < 1.29 is 14.3 Å². The maximum Gasteiger partial charge on any atom is 0.407 e. The van der Waals surface area contributed by atoms with Crippen LogP contribution in [0.3, 0.4) is 0 Å². The van der Waals surface area contributed by atoms with Crippen LogP contribution < -0.4 is 10.9 Å². The summed E-state index contributed by atoms with van der Waals surface area (Å²) in [5.41, 5.74) is -0.245. The van der Waals surface area contributed by atoms with E-state index in [4.69, 9.17) is 4.74 Å². The number of ether oxygens (including phenoxy) is 1. The first kappa shape index (κ1) is 22.3. The summed E-state index contributed by atoms with van der Waals surface area (Å²) in [5.74, 6) is -0.163. The fourth-order valence-electron chi connectivity index (χ4n) is 3.54. The molecule has 3 rings (SSSR count). The highest BCUT2D eigenvalue weighted by Gasteiger charge is 2.28. The van der Waals surface area contributed by atoms with E-state index in [2.05, 4.69) is 26.2 Å². The number of rotatable bonds is 4. The summed E-state index contributed by atoms with van der Waals surface area (Å²) < 4.78 is 7.39. The smallest absolute Gasteiger partial charge is 0.407 e. The van der Waals surface area contributed by atoms with Crippen molar-refractivity contribution in [2.24, 2.45) is 0 Å². The van der Waals surface area contributed by atoms with Crippen molar-refractivity contribution >= 4 is 38.8 Å². The number of hydrogen-bond acceptors (Lipinski definition) is 5. The molecular formula is C21H27BrN4O4. The van der Waals surface area contributed by atoms with Gasteiger partial charge in [0, 0.05) is 23.6 Å².